The third-order valence-electron chi connectivity index (χ3n) is 5.23. The first-order valence-corrected chi connectivity index (χ1v) is 9.30. The van der Waals surface area contributed by atoms with E-state index in [1.165, 1.54) is 18.4 Å². The van der Waals surface area contributed by atoms with E-state index in [2.05, 4.69) is 12.2 Å². The Morgan fingerprint density at radius 2 is 2.04 bits per heavy atom. The van der Waals surface area contributed by atoms with Crippen molar-refractivity contribution in [1.29, 1.82) is 0 Å². The quantitative estimate of drug-likeness (QED) is 0.881. The summed E-state index contributed by atoms with van der Waals surface area (Å²) in [5, 5.41) is 4.72. The van der Waals surface area contributed by atoms with Crippen LogP contribution in [0.1, 0.15) is 49.8 Å². The number of nitrogens with one attached hydrogen (secondary N) is 1. The van der Waals surface area contributed by atoms with Gasteiger partial charge in [-0.2, -0.15) is 0 Å². The first kappa shape index (κ1) is 17.1. The number of piperidine rings is 1. The number of fused-ring (bicyclic) bond motifs is 1. The Balaban J connectivity index is 1.65. The molecule has 0 radical (unpaired) electrons. The summed E-state index contributed by atoms with van der Waals surface area (Å²) >= 11 is 12.5. The van der Waals surface area contributed by atoms with Gasteiger partial charge in [-0.25, -0.2) is 0 Å². The highest BCUT2D eigenvalue weighted by Crippen LogP contribution is 2.37. The molecular weight excluding hydrogens is 331 g/mol. The first-order chi connectivity index (χ1) is 11.1. The molecule has 1 amide bonds. The standard InChI is InChI=1S/C18H24Cl2N2O/c1-12-18-14(10-15(19)11-16(18)20)6-9-22(12)17(23)3-2-13-4-7-21-8-5-13/h10-13,21H,2-9H2,1H3. The zero-order valence-corrected chi connectivity index (χ0v) is 15.1. The van der Waals surface area contributed by atoms with E-state index in [4.69, 9.17) is 23.2 Å². The van der Waals surface area contributed by atoms with Crippen molar-refractivity contribution in [3.05, 3.63) is 33.3 Å². The van der Waals surface area contributed by atoms with Crippen molar-refractivity contribution in [2.24, 2.45) is 5.92 Å². The second kappa shape index (κ2) is 7.42. The van der Waals surface area contributed by atoms with Crippen LogP contribution in [0.3, 0.4) is 0 Å². The fraction of sp³-hybridized carbons (Fsp3) is 0.611. The van der Waals surface area contributed by atoms with Gasteiger partial charge in [-0.15, -0.1) is 0 Å². The predicted octanol–water partition coefficient (Wildman–Crippen LogP) is 4.22. The van der Waals surface area contributed by atoms with Gasteiger partial charge >= 0.3 is 0 Å². The van der Waals surface area contributed by atoms with Gasteiger partial charge in [0.2, 0.25) is 5.91 Å². The summed E-state index contributed by atoms with van der Waals surface area (Å²) in [4.78, 5) is 14.7. The Bertz CT molecular complexity index is 585. The van der Waals surface area contributed by atoms with E-state index in [9.17, 15) is 4.79 Å². The van der Waals surface area contributed by atoms with Crippen LogP contribution in [0, 0.1) is 5.92 Å². The van der Waals surface area contributed by atoms with Crippen LogP contribution < -0.4 is 5.32 Å². The topological polar surface area (TPSA) is 32.3 Å². The molecule has 1 aromatic carbocycles. The number of carbonyl (C=O) groups excluding carboxylic acids is 1. The molecule has 1 unspecified atom stereocenters. The molecule has 0 aromatic heterocycles. The summed E-state index contributed by atoms with van der Waals surface area (Å²) in [6.45, 7) is 5.00. The molecule has 2 heterocycles. The molecule has 1 saturated heterocycles. The SMILES string of the molecule is CC1c2c(Cl)cc(Cl)cc2CCN1C(=O)CCC1CCNCC1. The van der Waals surface area contributed by atoms with E-state index in [0.29, 0.717) is 22.4 Å². The molecule has 126 valence electrons. The maximum atomic E-state index is 12.7. The van der Waals surface area contributed by atoms with Crippen LogP contribution in [-0.2, 0) is 11.2 Å². The molecule has 23 heavy (non-hydrogen) atoms. The largest absolute Gasteiger partial charge is 0.336 e. The van der Waals surface area contributed by atoms with Crippen LogP contribution >= 0.6 is 23.2 Å². The third kappa shape index (κ3) is 3.84. The Labute approximate surface area is 148 Å². The number of benzene rings is 1. The summed E-state index contributed by atoms with van der Waals surface area (Å²) in [7, 11) is 0. The highest BCUT2D eigenvalue weighted by atomic mass is 35.5. The van der Waals surface area contributed by atoms with Crippen LogP contribution in [0.2, 0.25) is 10.0 Å². The monoisotopic (exact) mass is 354 g/mol. The Kier molecular flexibility index (Phi) is 5.50. The smallest absolute Gasteiger partial charge is 0.223 e. The van der Waals surface area contributed by atoms with Crippen LogP contribution in [0.15, 0.2) is 12.1 Å². The molecule has 5 heteroatoms. The van der Waals surface area contributed by atoms with Crippen LogP contribution in [-0.4, -0.2) is 30.4 Å². The number of nitrogens with zero attached hydrogens (tertiary/aromatic N) is 1. The summed E-state index contributed by atoms with van der Waals surface area (Å²) < 4.78 is 0. The molecule has 0 aliphatic carbocycles. The molecule has 2 aliphatic heterocycles. The Morgan fingerprint density at radius 3 is 2.78 bits per heavy atom. The zero-order valence-electron chi connectivity index (χ0n) is 13.6. The lowest BCUT2D eigenvalue weighted by atomic mass is 9.91. The van der Waals surface area contributed by atoms with Gasteiger partial charge in [0.15, 0.2) is 0 Å². The first-order valence-electron chi connectivity index (χ1n) is 8.54. The average molecular weight is 355 g/mol. The van der Waals surface area contributed by atoms with Gasteiger partial charge in [0.25, 0.3) is 0 Å². The molecule has 3 nitrogen and oxygen atoms in total. The fourth-order valence-electron chi connectivity index (χ4n) is 3.89. The minimum Gasteiger partial charge on any atom is -0.336 e. The van der Waals surface area contributed by atoms with Crippen LogP contribution in [0.4, 0.5) is 0 Å². The van der Waals surface area contributed by atoms with Gasteiger partial charge in [-0.3, -0.25) is 4.79 Å². The Hall–Kier alpha value is -0.770. The van der Waals surface area contributed by atoms with E-state index >= 15 is 0 Å². The van der Waals surface area contributed by atoms with Crippen molar-refractivity contribution in [3.63, 3.8) is 0 Å². The fourth-order valence-corrected chi connectivity index (χ4v) is 4.58. The molecule has 0 saturated carbocycles. The molecule has 1 aromatic rings. The molecule has 1 fully saturated rings. The molecule has 1 atom stereocenters. The number of hydrogen-bond donors (Lipinski definition) is 1. The van der Waals surface area contributed by atoms with E-state index in [1.54, 1.807) is 6.07 Å². The Morgan fingerprint density at radius 1 is 1.30 bits per heavy atom. The minimum absolute atomic E-state index is 0.0315. The van der Waals surface area contributed by atoms with Crippen molar-refractivity contribution in [2.75, 3.05) is 19.6 Å². The van der Waals surface area contributed by atoms with Crippen molar-refractivity contribution in [2.45, 2.75) is 45.1 Å². The van der Waals surface area contributed by atoms with Gasteiger partial charge in [0, 0.05) is 23.0 Å². The molecule has 0 bridgehead atoms. The van der Waals surface area contributed by atoms with Crippen molar-refractivity contribution < 1.29 is 4.79 Å². The molecular formula is C18H24Cl2N2O. The summed E-state index contributed by atoms with van der Waals surface area (Å²) in [5.41, 5.74) is 2.25. The van der Waals surface area contributed by atoms with E-state index in [1.807, 2.05) is 11.0 Å². The third-order valence-corrected chi connectivity index (χ3v) is 5.76. The number of carbonyl (C=O) groups is 1. The summed E-state index contributed by atoms with van der Waals surface area (Å²) in [5.74, 6) is 0.947. The van der Waals surface area contributed by atoms with Crippen molar-refractivity contribution >= 4 is 29.1 Å². The number of halogens is 2. The zero-order chi connectivity index (χ0) is 16.4. The molecule has 3 rings (SSSR count). The lowest BCUT2D eigenvalue weighted by Gasteiger charge is -2.36. The molecule has 1 N–H and O–H groups in total. The van der Waals surface area contributed by atoms with Crippen LogP contribution in [0.5, 0.6) is 0 Å². The maximum Gasteiger partial charge on any atom is 0.223 e. The van der Waals surface area contributed by atoms with Crippen molar-refractivity contribution in [1.82, 2.24) is 10.2 Å². The highest BCUT2D eigenvalue weighted by Gasteiger charge is 2.29. The highest BCUT2D eigenvalue weighted by molar-refractivity contribution is 6.35. The van der Waals surface area contributed by atoms with E-state index in [0.717, 1.165) is 38.0 Å². The van der Waals surface area contributed by atoms with Gasteiger partial charge in [0.05, 0.1) is 6.04 Å². The average Bonchev–Trinajstić information content (AvgIpc) is 2.53. The molecule has 0 spiro atoms. The summed E-state index contributed by atoms with van der Waals surface area (Å²) in [6.07, 6.45) is 4.87. The summed E-state index contributed by atoms with van der Waals surface area (Å²) in [6, 6.07) is 3.79. The predicted molar refractivity (Wildman–Crippen MR) is 95.1 cm³/mol. The second-order valence-electron chi connectivity index (χ2n) is 6.71. The maximum absolute atomic E-state index is 12.7. The lowest BCUT2D eigenvalue weighted by Crippen LogP contribution is -2.39. The van der Waals surface area contributed by atoms with E-state index < -0.39 is 0 Å². The number of hydrogen-bond acceptors (Lipinski definition) is 2. The second-order valence-corrected chi connectivity index (χ2v) is 7.55. The number of rotatable bonds is 3. The number of amides is 1. The normalized spacial score (nSPS) is 22.0. The van der Waals surface area contributed by atoms with Gasteiger partial charge in [0.1, 0.15) is 0 Å². The van der Waals surface area contributed by atoms with Crippen molar-refractivity contribution in [3.8, 4) is 0 Å². The minimum atomic E-state index is 0.0315. The molecule has 2 aliphatic rings. The van der Waals surface area contributed by atoms with Crippen LogP contribution in [0.25, 0.3) is 0 Å². The van der Waals surface area contributed by atoms with Gasteiger partial charge < -0.3 is 10.2 Å². The van der Waals surface area contributed by atoms with E-state index in [-0.39, 0.29) is 11.9 Å². The van der Waals surface area contributed by atoms with Gasteiger partial charge in [-0.1, -0.05) is 23.2 Å². The van der Waals surface area contributed by atoms with Gasteiger partial charge in [-0.05, 0) is 74.9 Å². The lowest BCUT2D eigenvalue weighted by molar-refractivity contribution is -0.134.